The molecule has 0 spiro atoms. The zero-order valence-corrected chi connectivity index (χ0v) is 13.3. The number of rotatable bonds is 6. The van der Waals surface area contributed by atoms with E-state index in [1.54, 1.807) is 6.07 Å². The van der Waals surface area contributed by atoms with E-state index < -0.39 is 4.92 Å². The van der Waals surface area contributed by atoms with Gasteiger partial charge in [-0.25, -0.2) is 0 Å². The molecule has 1 aromatic rings. The van der Waals surface area contributed by atoms with E-state index in [0.29, 0.717) is 12.1 Å². The van der Waals surface area contributed by atoms with Gasteiger partial charge in [-0.3, -0.25) is 14.9 Å². The van der Waals surface area contributed by atoms with Gasteiger partial charge in [-0.1, -0.05) is 6.07 Å². The number of nitro groups is 1. The zero-order valence-electron chi connectivity index (χ0n) is 11.7. The van der Waals surface area contributed by atoms with Crippen LogP contribution in [0.25, 0.3) is 0 Å². The Kier molecular flexibility index (Phi) is 5.69. The fourth-order valence-corrected chi connectivity index (χ4v) is 3.03. The van der Waals surface area contributed by atoms with Crippen LogP contribution in [-0.2, 0) is 0 Å². The van der Waals surface area contributed by atoms with Gasteiger partial charge >= 0.3 is 0 Å². The van der Waals surface area contributed by atoms with Crippen molar-refractivity contribution < 1.29 is 9.72 Å². The van der Waals surface area contributed by atoms with Crippen LogP contribution in [0.4, 0.5) is 5.69 Å². The van der Waals surface area contributed by atoms with Crippen molar-refractivity contribution in [1.29, 1.82) is 0 Å². The number of likely N-dealkylation sites (tertiary alicyclic amines) is 1. The lowest BCUT2D eigenvalue weighted by molar-refractivity contribution is -0.385. The highest BCUT2D eigenvalue weighted by Crippen LogP contribution is 2.28. The molecule has 1 amide bonds. The summed E-state index contributed by atoms with van der Waals surface area (Å²) in [7, 11) is 0. The van der Waals surface area contributed by atoms with Crippen molar-refractivity contribution >= 4 is 27.5 Å². The molecule has 2 rings (SSSR count). The first kappa shape index (κ1) is 15.9. The molecule has 0 aromatic heterocycles. The maximum Gasteiger partial charge on any atom is 0.284 e. The number of halogens is 1. The highest BCUT2D eigenvalue weighted by Gasteiger charge is 2.19. The van der Waals surface area contributed by atoms with Crippen LogP contribution in [0, 0.1) is 10.1 Å². The summed E-state index contributed by atoms with van der Waals surface area (Å²) in [5.74, 6) is -0.285. The average Bonchev–Trinajstić information content (AvgIpc) is 2.96. The van der Waals surface area contributed by atoms with Crippen molar-refractivity contribution in [2.45, 2.75) is 19.3 Å². The summed E-state index contributed by atoms with van der Waals surface area (Å²) in [5, 5.41) is 13.7. The highest BCUT2D eigenvalue weighted by atomic mass is 79.9. The smallest absolute Gasteiger partial charge is 0.284 e. The number of carbonyl (C=O) groups excluding carboxylic acids is 1. The molecular weight excluding hydrogens is 338 g/mol. The third kappa shape index (κ3) is 4.25. The number of nitrogens with one attached hydrogen (secondary N) is 1. The molecule has 114 valence electrons. The number of hydrogen-bond acceptors (Lipinski definition) is 4. The molecule has 0 bridgehead atoms. The van der Waals surface area contributed by atoms with Crippen LogP contribution in [0.15, 0.2) is 22.7 Å². The molecular formula is C14H18BrN3O3. The van der Waals surface area contributed by atoms with E-state index in [4.69, 9.17) is 0 Å². The van der Waals surface area contributed by atoms with Gasteiger partial charge in [-0.2, -0.15) is 0 Å². The third-order valence-corrected chi connectivity index (χ3v) is 4.39. The van der Waals surface area contributed by atoms with Crippen LogP contribution in [0.3, 0.4) is 0 Å². The number of benzene rings is 1. The van der Waals surface area contributed by atoms with Gasteiger partial charge in [0.05, 0.1) is 10.5 Å². The van der Waals surface area contributed by atoms with Crippen LogP contribution >= 0.6 is 15.9 Å². The first-order chi connectivity index (χ1) is 10.1. The lowest BCUT2D eigenvalue weighted by Crippen LogP contribution is -2.28. The fraction of sp³-hybridized carbons (Fsp3) is 0.500. The van der Waals surface area contributed by atoms with E-state index in [1.807, 2.05) is 0 Å². The zero-order chi connectivity index (χ0) is 15.2. The van der Waals surface area contributed by atoms with Crippen molar-refractivity contribution in [3.63, 3.8) is 0 Å². The lowest BCUT2D eigenvalue weighted by Gasteiger charge is -2.14. The summed E-state index contributed by atoms with van der Waals surface area (Å²) < 4.78 is 0.229. The van der Waals surface area contributed by atoms with Gasteiger partial charge in [0.2, 0.25) is 0 Å². The molecule has 1 N–H and O–H groups in total. The van der Waals surface area contributed by atoms with E-state index in [0.717, 1.165) is 26.1 Å². The molecule has 1 aliphatic rings. The molecule has 1 aliphatic heterocycles. The van der Waals surface area contributed by atoms with E-state index in [2.05, 4.69) is 26.1 Å². The van der Waals surface area contributed by atoms with E-state index in [9.17, 15) is 14.9 Å². The molecule has 1 saturated heterocycles. The molecule has 0 radical (unpaired) electrons. The van der Waals surface area contributed by atoms with Crippen LogP contribution in [0.1, 0.15) is 29.6 Å². The summed E-state index contributed by atoms with van der Waals surface area (Å²) in [5.41, 5.74) is 0.199. The van der Waals surface area contributed by atoms with E-state index in [1.165, 1.54) is 25.0 Å². The van der Waals surface area contributed by atoms with Crippen LogP contribution in [0.5, 0.6) is 0 Å². The van der Waals surface area contributed by atoms with Crippen LogP contribution in [-0.4, -0.2) is 41.9 Å². The highest BCUT2D eigenvalue weighted by molar-refractivity contribution is 9.10. The van der Waals surface area contributed by atoms with Gasteiger partial charge in [-0.15, -0.1) is 0 Å². The van der Waals surface area contributed by atoms with Crippen molar-refractivity contribution in [2.75, 3.05) is 26.2 Å². The van der Waals surface area contributed by atoms with Crippen LogP contribution in [0.2, 0.25) is 0 Å². The Hall–Kier alpha value is -1.47. The lowest BCUT2D eigenvalue weighted by atomic mass is 10.2. The van der Waals surface area contributed by atoms with Crippen molar-refractivity contribution in [3.8, 4) is 0 Å². The first-order valence-corrected chi connectivity index (χ1v) is 7.82. The van der Waals surface area contributed by atoms with E-state index in [-0.39, 0.29) is 16.1 Å². The average molecular weight is 356 g/mol. The Bertz CT molecular complexity index is 530. The number of amides is 1. The molecule has 1 fully saturated rings. The Balaban J connectivity index is 1.85. The molecule has 1 aromatic carbocycles. The summed E-state index contributed by atoms with van der Waals surface area (Å²) in [4.78, 5) is 24.8. The summed E-state index contributed by atoms with van der Waals surface area (Å²) in [6, 6.07) is 4.46. The van der Waals surface area contributed by atoms with Gasteiger partial charge in [0.15, 0.2) is 0 Å². The minimum Gasteiger partial charge on any atom is -0.352 e. The standard InChI is InChI=1S/C14H18BrN3O3/c15-13-11(5-3-6-12(13)18(20)21)14(19)16-7-4-10-17-8-1-2-9-17/h3,5-6H,1-2,4,7-10H2,(H,16,19). The Morgan fingerprint density at radius 2 is 2.10 bits per heavy atom. The normalized spacial score (nSPS) is 15.1. The molecule has 0 atom stereocenters. The second-order valence-electron chi connectivity index (χ2n) is 5.05. The van der Waals surface area contributed by atoms with Crippen molar-refractivity contribution in [3.05, 3.63) is 38.3 Å². The molecule has 0 saturated carbocycles. The number of carbonyl (C=O) groups is 1. The second kappa shape index (κ2) is 7.51. The van der Waals surface area contributed by atoms with Gasteiger partial charge < -0.3 is 10.2 Å². The van der Waals surface area contributed by atoms with Crippen LogP contribution < -0.4 is 5.32 Å². The van der Waals surface area contributed by atoms with Gasteiger partial charge in [-0.05, 0) is 60.9 Å². The Morgan fingerprint density at radius 3 is 2.76 bits per heavy atom. The largest absolute Gasteiger partial charge is 0.352 e. The van der Waals surface area contributed by atoms with Crippen molar-refractivity contribution in [1.82, 2.24) is 10.2 Å². The topological polar surface area (TPSA) is 75.5 Å². The minimum atomic E-state index is -0.506. The molecule has 0 unspecified atom stereocenters. The summed E-state index contributed by atoms with van der Waals surface area (Å²) in [6.45, 7) is 3.84. The summed E-state index contributed by atoms with van der Waals surface area (Å²) in [6.07, 6.45) is 3.40. The minimum absolute atomic E-state index is 0.0975. The summed E-state index contributed by atoms with van der Waals surface area (Å²) >= 11 is 3.13. The predicted octanol–water partition coefficient (Wildman–Crippen LogP) is 2.57. The number of hydrogen-bond donors (Lipinski definition) is 1. The SMILES string of the molecule is O=C(NCCCN1CCCC1)c1cccc([N+](=O)[O-])c1Br. The number of nitro benzene ring substituents is 1. The maximum atomic E-state index is 12.1. The van der Waals surface area contributed by atoms with Gasteiger partial charge in [0.25, 0.3) is 11.6 Å². The Morgan fingerprint density at radius 1 is 1.38 bits per heavy atom. The van der Waals surface area contributed by atoms with Gasteiger partial charge in [0.1, 0.15) is 4.47 Å². The van der Waals surface area contributed by atoms with Gasteiger partial charge in [0, 0.05) is 12.6 Å². The monoisotopic (exact) mass is 355 g/mol. The quantitative estimate of drug-likeness (QED) is 0.483. The third-order valence-electron chi connectivity index (χ3n) is 3.56. The molecule has 6 nitrogen and oxygen atoms in total. The maximum absolute atomic E-state index is 12.1. The van der Waals surface area contributed by atoms with Crippen molar-refractivity contribution in [2.24, 2.45) is 0 Å². The molecule has 21 heavy (non-hydrogen) atoms. The second-order valence-corrected chi connectivity index (χ2v) is 5.85. The molecule has 0 aliphatic carbocycles. The molecule has 7 heteroatoms. The molecule has 1 heterocycles. The number of nitrogens with zero attached hydrogens (tertiary/aromatic N) is 2. The Labute approximate surface area is 131 Å². The fourth-order valence-electron chi connectivity index (χ4n) is 2.44. The van der Waals surface area contributed by atoms with E-state index >= 15 is 0 Å². The first-order valence-electron chi connectivity index (χ1n) is 7.03. The predicted molar refractivity (Wildman–Crippen MR) is 83.4 cm³/mol.